The van der Waals surface area contributed by atoms with E-state index in [4.69, 9.17) is 14.2 Å². The molecule has 0 radical (unpaired) electrons. The van der Waals surface area contributed by atoms with Crippen molar-refractivity contribution in [3.8, 4) is 0 Å². The summed E-state index contributed by atoms with van der Waals surface area (Å²) < 4.78 is 17.2. The molecular formula is C24H28O3. The zero-order valence-corrected chi connectivity index (χ0v) is 15.8. The summed E-state index contributed by atoms with van der Waals surface area (Å²) in [4.78, 5) is 0. The molecule has 2 saturated heterocycles. The van der Waals surface area contributed by atoms with Crippen LogP contribution in [0.3, 0.4) is 0 Å². The van der Waals surface area contributed by atoms with Gasteiger partial charge in [0.1, 0.15) is 12.2 Å². The van der Waals surface area contributed by atoms with Crippen LogP contribution in [0.5, 0.6) is 0 Å². The molecule has 3 fully saturated rings. The van der Waals surface area contributed by atoms with Crippen LogP contribution in [0, 0.1) is 5.92 Å². The molecule has 142 valence electrons. The number of hydrogen-bond donors (Lipinski definition) is 0. The van der Waals surface area contributed by atoms with Crippen LogP contribution in [0.15, 0.2) is 60.7 Å². The zero-order valence-electron chi connectivity index (χ0n) is 15.8. The Balaban J connectivity index is 1.36. The van der Waals surface area contributed by atoms with Crippen molar-refractivity contribution in [1.29, 1.82) is 0 Å². The Bertz CT molecular complexity index is 687. The van der Waals surface area contributed by atoms with Crippen LogP contribution < -0.4 is 0 Å². The van der Waals surface area contributed by atoms with Crippen molar-refractivity contribution >= 4 is 0 Å². The predicted molar refractivity (Wildman–Crippen MR) is 105 cm³/mol. The maximum Gasteiger partial charge on any atom is 0.107 e. The monoisotopic (exact) mass is 364 g/mol. The second-order valence-electron chi connectivity index (χ2n) is 8.28. The maximum atomic E-state index is 6.26. The molecule has 3 atom stereocenters. The van der Waals surface area contributed by atoms with Gasteiger partial charge in [0.2, 0.25) is 0 Å². The highest BCUT2D eigenvalue weighted by Crippen LogP contribution is 2.48. The van der Waals surface area contributed by atoms with Crippen LogP contribution in [-0.2, 0) is 19.6 Å². The summed E-state index contributed by atoms with van der Waals surface area (Å²) in [5, 5.41) is 0. The van der Waals surface area contributed by atoms with Crippen molar-refractivity contribution in [2.45, 2.75) is 49.4 Å². The molecule has 1 aliphatic carbocycles. The van der Waals surface area contributed by atoms with Gasteiger partial charge in [-0.05, 0) is 42.7 Å². The smallest absolute Gasteiger partial charge is 0.107 e. The first-order valence-corrected chi connectivity index (χ1v) is 10.3. The van der Waals surface area contributed by atoms with E-state index in [-0.39, 0.29) is 11.5 Å². The second kappa shape index (κ2) is 7.38. The minimum Gasteiger partial charge on any atom is -0.372 e. The van der Waals surface area contributed by atoms with E-state index in [2.05, 4.69) is 60.7 Å². The molecule has 2 aromatic rings. The summed E-state index contributed by atoms with van der Waals surface area (Å²) in [7, 11) is 0. The van der Waals surface area contributed by atoms with Crippen LogP contribution >= 0.6 is 0 Å². The number of rotatable bonds is 7. The number of benzene rings is 2. The standard InChI is InChI=1S/C24H28O3/c1-3-7-19(8-4-1)24(20-9-5-2-6-10-20)13-11-18(12-14-24)23(22-17-26-22)27-16-21-15-25-21/h1-10,18,21-23H,11-17H2. The minimum absolute atomic E-state index is 0.119. The lowest BCUT2D eigenvalue weighted by Gasteiger charge is -2.43. The molecule has 5 rings (SSSR count). The second-order valence-corrected chi connectivity index (χ2v) is 8.28. The average Bonchev–Trinajstić information content (AvgIpc) is 3.65. The van der Waals surface area contributed by atoms with Crippen molar-refractivity contribution in [2.75, 3.05) is 19.8 Å². The van der Waals surface area contributed by atoms with Crippen LogP contribution in [0.1, 0.15) is 36.8 Å². The fraction of sp³-hybridized carbons (Fsp3) is 0.500. The summed E-state index contributed by atoms with van der Waals surface area (Å²) in [6, 6.07) is 22.1. The summed E-state index contributed by atoms with van der Waals surface area (Å²) >= 11 is 0. The largest absolute Gasteiger partial charge is 0.372 e. The van der Waals surface area contributed by atoms with Gasteiger partial charge in [-0.2, -0.15) is 0 Å². The van der Waals surface area contributed by atoms with E-state index in [1.165, 1.54) is 24.0 Å². The van der Waals surface area contributed by atoms with Gasteiger partial charge in [0.05, 0.1) is 25.9 Å². The molecule has 2 aromatic carbocycles. The van der Waals surface area contributed by atoms with Crippen LogP contribution in [-0.4, -0.2) is 38.1 Å². The first-order chi connectivity index (χ1) is 13.4. The third-order valence-corrected chi connectivity index (χ3v) is 6.60. The minimum atomic E-state index is 0.119. The Morgan fingerprint density at radius 3 is 1.89 bits per heavy atom. The summed E-state index contributed by atoms with van der Waals surface area (Å²) in [5.41, 5.74) is 3.01. The fourth-order valence-electron chi connectivity index (χ4n) is 4.89. The van der Waals surface area contributed by atoms with Crippen molar-refractivity contribution in [3.63, 3.8) is 0 Å². The van der Waals surface area contributed by atoms with Crippen molar-refractivity contribution in [2.24, 2.45) is 5.92 Å². The fourth-order valence-corrected chi connectivity index (χ4v) is 4.89. The van der Waals surface area contributed by atoms with Gasteiger partial charge in [-0.25, -0.2) is 0 Å². The molecule has 2 heterocycles. The molecule has 0 N–H and O–H groups in total. The molecule has 3 unspecified atom stereocenters. The lowest BCUT2D eigenvalue weighted by Crippen LogP contribution is -2.39. The molecule has 0 aromatic heterocycles. The highest BCUT2D eigenvalue weighted by atomic mass is 16.6. The third kappa shape index (κ3) is 3.69. The van der Waals surface area contributed by atoms with Gasteiger partial charge in [-0.15, -0.1) is 0 Å². The molecule has 3 nitrogen and oxygen atoms in total. The van der Waals surface area contributed by atoms with Crippen molar-refractivity contribution < 1.29 is 14.2 Å². The number of hydrogen-bond acceptors (Lipinski definition) is 3. The quantitative estimate of drug-likeness (QED) is 0.685. The molecule has 3 aliphatic rings. The van der Waals surface area contributed by atoms with E-state index >= 15 is 0 Å². The molecule has 0 amide bonds. The Kier molecular flexibility index (Phi) is 4.76. The van der Waals surface area contributed by atoms with E-state index in [0.717, 1.165) is 32.7 Å². The van der Waals surface area contributed by atoms with Gasteiger partial charge in [0.25, 0.3) is 0 Å². The topological polar surface area (TPSA) is 34.3 Å². The molecule has 27 heavy (non-hydrogen) atoms. The van der Waals surface area contributed by atoms with E-state index in [1.807, 2.05) is 0 Å². The number of epoxide rings is 2. The highest BCUT2D eigenvalue weighted by molar-refractivity contribution is 5.39. The van der Waals surface area contributed by atoms with E-state index < -0.39 is 0 Å². The average molecular weight is 364 g/mol. The molecule has 2 aliphatic heterocycles. The molecule has 0 spiro atoms. The van der Waals surface area contributed by atoms with E-state index in [1.54, 1.807) is 0 Å². The van der Waals surface area contributed by atoms with Gasteiger partial charge in [0.15, 0.2) is 0 Å². The van der Waals surface area contributed by atoms with Gasteiger partial charge >= 0.3 is 0 Å². The Morgan fingerprint density at radius 1 is 0.852 bits per heavy atom. The van der Waals surface area contributed by atoms with Gasteiger partial charge in [-0.3, -0.25) is 0 Å². The summed E-state index contributed by atoms with van der Waals surface area (Å²) in [5.74, 6) is 0.580. The molecule has 0 bridgehead atoms. The first kappa shape index (κ1) is 17.4. The molecular weight excluding hydrogens is 336 g/mol. The van der Waals surface area contributed by atoms with Gasteiger partial charge < -0.3 is 14.2 Å². The third-order valence-electron chi connectivity index (χ3n) is 6.60. The predicted octanol–water partition coefficient (Wildman–Crippen LogP) is 4.35. The van der Waals surface area contributed by atoms with E-state index in [9.17, 15) is 0 Å². The molecule has 1 saturated carbocycles. The normalized spacial score (nSPS) is 27.9. The Morgan fingerprint density at radius 2 is 1.41 bits per heavy atom. The van der Waals surface area contributed by atoms with Crippen molar-refractivity contribution in [1.82, 2.24) is 0 Å². The first-order valence-electron chi connectivity index (χ1n) is 10.3. The van der Waals surface area contributed by atoms with Gasteiger partial charge in [-0.1, -0.05) is 60.7 Å². The lowest BCUT2D eigenvalue weighted by atomic mass is 9.62. The highest BCUT2D eigenvalue weighted by Gasteiger charge is 2.45. The Hall–Kier alpha value is -1.68. The summed E-state index contributed by atoms with van der Waals surface area (Å²) in [6.07, 6.45) is 5.55. The zero-order chi connectivity index (χ0) is 18.1. The van der Waals surface area contributed by atoms with E-state index in [0.29, 0.717) is 18.1 Å². The lowest BCUT2D eigenvalue weighted by molar-refractivity contribution is -0.0267. The van der Waals surface area contributed by atoms with Crippen LogP contribution in [0.2, 0.25) is 0 Å². The summed E-state index contributed by atoms with van der Waals surface area (Å²) in [6.45, 7) is 2.44. The van der Waals surface area contributed by atoms with Crippen LogP contribution in [0.25, 0.3) is 0 Å². The SMILES string of the molecule is c1ccc(C2(c3ccccc3)CCC(C(OCC3CO3)C3CO3)CC2)cc1. The Labute approximate surface area is 161 Å². The molecule has 3 heteroatoms. The van der Waals surface area contributed by atoms with Crippen LogP contribution in [0.4, 0.5) is 0 Å². The number of ether oxygens (including phenoxy) is 3. The van der Waals surface area contributed by atoms with Crippen molar-refractivity contribution in [3.05, 3.63) is 71.8 Å². The maximum absolute atomic E-state index is 6.26. The van der Waals surface area contributed by atoms with Gasteiger partial charge in [0, 0.05) is 5.41 Å².